The Morgan fingerprint density at radius 1 is 1.90 bits per heavy atom. The molecule has 0 aromatic heterocycles. The van der Waals surface area contributed by atoms with E-state index >= 15 is 0 Å². The number of carbonyl (C=O) groups is 1. The summed E-state index contributed by atoms with van der Waals surface area (Å²) in [7, 11) is 1.40. The van der Waals surface area contributed by atoms with Gasteiger partial charge in [-0.1, -0.05) is 0 Å². The largest absolute Gasteiger partial charge is 0.468 e. The zero-order valence-corrected chi connectivity index (χ0v) is 6.56. The fourth-order valence-electron chi connectivity index (χ4n) is 0.640. The van der Waals surface area contributed by atoms with E-state index in [-0.39, 0.29) is 5.97 Å². The van der Waals surface area contributed by atoms with Crippen molar-refractivity contribution in [2.24, 2.45) is 0 Å². The summed E-state index contributed by atoms with van der Waals surface area (Å²) in [6.45, 7) is 0.361. The second-order valence-electron chi connectivity index (χ2n) is 1.90. The number of methoxy groups -OCH3 is 1. The Kier molecular flexibility index (Phi) is 2.62. The van der Waals surface area contributed by atoms with Crippen molar-refractivity contribution in [1.82, 2.24) is 4.90 Å². The predicted octanol–water partition coefficient (Wildman–Crippen LogP) is 0.637. The van der Waals surface area contributed by atoms with Crippen molar-refractivity contribution in [3.8, 4) is 0 Å². The molecule has 1 aliphatic rings. The van der Waals surface area contributed by atoms with Gasteiger partial charge >= 0.3 is 5.97 Å². The maximum absolute atomic E-state index is 10.7. The molecule has 4 heteroatoms. The molecule has 0 radical (unpaired) electrons. The van der Waals surface area contributed by atoms with E-state index in [4.69, 9.17) is 0 Å². The minimum absolute atomic E-state index is 0.188. The number of ether oxygens (including phenoxy) is 1. The van der Waals surface area contributed by atoms with E-state index < -0.39 is 0 Å². The molecule has 1 rings (SSSR count). The Morgan fingerprint density at radius 2 is 2.70 bits per heavy atom. The van der Waals surface area contributed by atoms with E-state index in [1.54, 1.807) is 11.8 Å². The number of rotatable bonds is 2. The highest BCUT2D eigenvalue weighted by Crippen LogP contribution is 2.13. The summed E-state index contributed by atoms with van der Waals surface area (Å²) in [5.74, 6) is 0.668. The van der Waals surface area contributed by atoms with Crippen LogP contribution < -0.4 is 0 Å². The third-order valence-corrected chi connectivity index (χ3v) is 1.96. The summed E-state index contributed by atoms with van der Waals surface area (Å²) in [5, 5.41) is 1.96. The number of carbonyl (C=O) groups excluding carboxylic acids is 1. The summed E-state index contributed by atoms with van der Waals surface area (Å²) in [5.41, 5.74) is 0. The molecule has 0 amide bonds. The van der Waals surface area contributed by atoms with Gasteiger partial charge in [-0.15, -0.1) is 11.8 Å². The lowest BCUT2D eigenvalue weighted by atomic mass is 10.6. The van der Waals surface area contributed by atoms with Crippen molar-refractivity contribution < 1.29 is 9.53 Å². The van der Waals surface area contributed by atoms with Crippen LogP contribution in [0.15, 0.2) is 11.6 Å². The first-order valence-corrected chi connectivity index (χ1v) is 3.97. The number of thioether (sulfide) groups is 1. The Morgan fingerprint density at radius 3 is 3.20 bits per heavy atom. The molecule has 0 saturated carbocycles. The second-order valence-corrected chi connectivity index (χ2v) is 2.77. The monoisotopic (exact) mass is 159 g/mol. The molecule has 10 heavy (non-hydrogen) atoms. The van der Waals surface area contributed by atoms with Crippen LogP contribution in [0.25, 0.3) is 0 Å². The van der Waals surface area contributed by atoms with E-state index in [0.29, 0.717) is 6.54 Å². The third kappa shape index (κ3) is 1.95. The van der Waals surface area contributed by atoms with E-state index in [2.05, 4.69) is 4.74 Å². The third-order valence-electron chi connectivity index (χ3n) is 1.17. The zero-order valence-electron chi connectivity index (χ0n) is 5.74. The van der Waals surface area contributed by atoms with Gasteiger partial charge in [-0.05, 0) is 5.41 Å². The predicted molar refractivity (Wildman–Crippen MR) is 40.3 cm³/mol. The van der Waals surface area contributed by atoms with Crippen LogP contribution in [0.3, 0.4) is 0 Å². The molecule has 0 aromatic rings. The van der Waals surface area contributed by atoms with E-state index in [1.165, 1.54) is 7.11 Å². The van der Waals surface area contributed by atoms with Gasteiger partial charge in [-0.25, -0.2) is 0 Å². The topological polar surface area (TPSA) is 29.5 Å². The first-order valence-electron chi connectivity index (χ1n) is 2.92. The molecular formula is C6H9NO2S. The SMILES string of the molecule is COC(=O)CN1C=CSC1. The summed E-state index contributed by atoms with van der Waals surface area (Å²) >= 11 is 1.67. The van der Waals surface area contributed by atoms with Gasteiger partial charge in [0.05, 0.1) is 13.0 Å². The molecule has 0 N–H and O–H groups in total. The van der Waals surface area contributed by atoms with Gasteiger partial charge in [0.1, 0.15) is 6.54 Å². The standard InChI is InChI=1S/C6H9NO2S/c1-9-6(8)4-7-2-3-10-5-7/h2-3H,4-5H2,1H3. The number of hydrogen-bond donors (Lipinski definition) is 0. The molecule has 0 spiro atoms. The van der Waals surface area contributed by atoms with Gasteiger partial charge in [0, 0.05) is 6.20 Å². The van der Waals surface area contributed by atoms with Gasteiger partial charge in [-0.2, -0.15) is 0 Å². The maximum Gasteiger partial charge on any atom is 0.325 e. The van der Waals surface area contributed by atoms with Crippen LogP contribution in [0.2, 0.25) is 0 Å². The van der Waals surface area contributed by atoms with Crippen molar-refractivity contribution in [2.45, 2.75) is 0 Å². The Hall–Kier alpha value is -0.640. The van der Waals surface area contributed by atoms with Crippen LogP contribution in [0.4, 0.5) is 0 Å². The number of esters is 1. The Bertz CT molecular complexity index is 158. The highest BCUT2D eigenvalue weighted by molar-refractivity contribution is 8.02. The first kappa shape index (κ1) is 7.47. The summed E-state index contributed by atoms with van der Waals surface area (Å²) in [6, 6.07) is 0. The Labute approximate surface area is 64.0 Å². The van der Waals surface area contributed by atoms with Gasteiger partial charge < -0.3 is 9.64 Å². The van der Waals surface area contributed by atoms with Gasteiger partial charge in [0.25, 0.3) is 0 Å². The van der Waals surface area contributed by atoms with Crippen LogP contribution in [0.5, 0.6) is 0 Å². The van der Waals surface area contributed by atoms with Crippen molar-refractivity contribution in [2.75, 3.05) is 19.5 Å². The van der Waals surface area contributed by atoms with Gasteiger partial charge in [0.15, 0.2) is 0 Å². The Balaban J connectivity index is 2.24. The average Bonchev–Trinajstić information content (AvgIpc) is 2.40. The molecule has 0 atom stereocenters. The highest BCUT2D eigenvalue weighted by atomic mass is 32.2. The van der Waals surface area contributed by atoms with Gasteiger partial charge in [0.2, 0.25) is 0 Å². The smallest absolute Gasteiger partial charge is 0.325 e. The average molecular weight is 159 g/mol. The van der Waals surface area contributed by atoms with E-state index in [9.17, 15) is 4.79 Å². The van der Waals surface area contributed by atoms with Crippen LogP contribution in [-0.4, -0.2) is 30.4 Å². The molecule has 0 unspecified atom stereocenters. The fraction of sp³-hybridized carbons (Fsp3) is 0.500. The minimum atomic E-state index is -0.188. The molecule has 0 saturated heterocycles. The molecule has 3 nitrogen and oxygen atoms in total. The molecule has 1 aliphatic heterocycles. The molecule has 0 aliphatic carbocycles. The fourth-order valence-corrected chi connectivity index (χ4v) is 1.35. The zero-order chi connectivity index (χ0) is 7.40. The second kappa shape index (κ2) is 3.51. The molecule has 0 bridgehead atoms. The highest BCUT2D eigenvalue weighted by Gasteiger charge is 2.08. The molecule has 56 valence electrons. The lowest BCUT2D eigenvalue weighted by Crippen LogP contribution is -2.23. The summed E-state index contributed by atoms with van der Waals surface area (Å²) in [6.07, 6.45) is 1.89. The van der Waals surface area contributed by atoms with Crippen LogP contribution in [-0.2, 0) is 9.53 Å². The molecule has 0 aromatic carbocycles. The quantitative estimate of drug-likeness (QED) is 0.553. The summed E-state index contributed by atoms with van der Waals surface area (Å²) < 4.78 is 4.49. The van der Waals surface area contributed by atoms with Crippen molar-refractivity contribution in [3.63, 3.8) is 0 Å². The van der Waals surface area contributed by atoms with E-state index in [0.717, 1.165) is 5.88 Å². The van der Waals surface area contributed by atoms with Crippen molar-refractivity contribution in [3.05, 3.63) is 11.6 Å². The normalized spacial score (nSPS) is 15.9. The summed E-state index contributed by atoms with van der Waals surface area (Å²) in [4.78, 5) is 12.6. The number of nitrogens with zero attached hydrogens (tertiary/aromatic N) is 1. The van der Waals surface area contributed by atoms with E-state index in [1.807, 2.05) is 16.5 Å². The van der Waals surface area contributed by atoms with Crippen LogP contribution in [0.1, 0.15) is 0 Å². The van der Waals surface area contributed by atoms with Crippen molar-refractivity contribution >= 4 is 17.7 Å². The van der Waals surface area contributed by atoms with Gasteiger partial charge in [-0.3, -0.25) is 4.79 Å². The molecular weight excluding hydrogens is 150 g/mol. The minimum Gasteiger partial charge on any atom is -0.468 e. The number of hydrogen-bond acceptors (Lipinski definition) is 4. The maximum atomic E-state index is 10.7. The van der Waals surface area contributed by atoms with Crippen LogP contribution in [0, 0.1) is 0 Å². The van der Waals surface area contributed by atoms with Crippen molar-refractivity contribution in [1.29, 1.82) is 0 Å². The lowest BCUT2D eigenvalue weighted by Gasteiger charge is -2.11. The first-order chi connectivity index (χ1) is 4.83. The van der Waals surface area contributed by atoms with Crippen LogP contribution >= 0.6 is 11.8 Å². The molecule has 0 fully saturated rings. The lowest BCUT2D eigenvalue weighted by molar-refractivity contribution is -0.141. The molecule has 1 heterocycles.